The lowest BCUT2D eigenvalue weighted by Gasteiger charge is -2.34. The Morgan fingerprint density at radius 2 is 1.64 bits per heavy atom. The van der Waals surface area contributed by atoms with Crippen molar-refractivity contribution < 1.29 is 14.0 Å². The molecule has 1 atom stereocenters. The van der Waals surface area contributed by atoms with Gasteiger partial charge in [-0.1, -0.05) is 72.3 Å². The molecular formula is C29H32ClFN2O2S. The van der Waals surface area contributed by atoms with Gasteiger partial charge in [-0.25, -0.2) is 4.39 Å². The van der Waals surface area contributed by atoms with Gasteiger partial charge < -0.3 is 10.2 Å². The molecule has 0 aliphatic heterocycles. The van der Waals surface area contributed by atoms with Crippen LogP contribution in [0.1, 0.15) is 37.5 Å². The van der Waals surface area contributed by atoms with Gasteiger partial charge in [0.25, 0.3) is 0 Å². The molecule has 1 unspecified atom stereocenters. The van der Waals surface area contributed by atoms with Gasteiger partial charge in [-0.05, 0) is 50.1 Å². The maximum Gasteiger partial charge on any atom is 0.243 e. The van der Waals surface area contributed by atoms with Crippen molar-refractivity contribution in [3.05, 3.63) is 106 Å². The van der Waals surface area contributed by atoms with Crippen LogP contribution in [0.4, 0.5) is 4.39 Å². The smallest absolute Gasteiger partial charge is 0.243 e. The van der Waals surface area contributed by atoms with Gasteiger partial charge in [0.15, 0.2) is 0 Å². The summed E-state index contributed by atoms with van der Waals surface area (Å²) in [5.74, 6) is -0.158. The Hall–Kier alpha value is -2.83. The maximum absolute atomic E-state index is 14.6. The molecule has 0 aliphatic rings. The third kappa shape index (κ3) is 8.68. The van der Waals surface area contributed by atoms with Crippen molar-refractivity contribution in [1.82, 2.24) is 10.2 Å². The molecule has 0 aromatic heterocycles. The fourth-order valence-corrected chi connectivity index (χ4v) is 4.85. The minimum absolute atomic E-state index is 0.00169. The van der Waals surface area contributed by atoms with Crippen molar-refractivity contribution in [2.75, 3.05) is 5.75 Å². The molecule has 36 heavy (non-hydrogen) atoms. The fourth-order valence-electron chi connectivity index (χ4n) is 3.78. The SMILES string of the molecule is CC(C)(C)NC(=O)C(Cc1ccccc1)N(Cc1ccccc1F)C(=O)CSCc1cccc(Cl)c1. The molecule has 2 amide bonds. The number of carbonyl (C=O) groups excluding carboxylic acids is 2. The highest BCUT2D eigenvalue weighted by Gasteiger charge is 2.32. The van der Waals surface area contributed by atoms with E-state index < -0.39 is 17.4 Å². The molecule has 0 aliphatic carbocycles. The monoisotopic (exact) mass is 526 g/mol. The van der Waals surface area contributed by atoms with Crippen molar-refractivity contribution in [2.24, 2.45) is 0 Å². The highest BCUT2D eigenvalue weighted by atomic mass is 35.5. The molecule has 0 bridgehead atoms. The van der Waals surface area contributed by atoms with Crippen LogP contribution in [0.5, 0.6) is 0 Å². The van der Waals surface area contributed by atoms with Gasteiger partial charge in [0.05, 0.1) is 5.75 Å². The summed E-state index contributed by atoms with van der Waals surface area (Å²) < 4.78 is 14.6. The van der Waals surface area contributed by atoms with Gasteiger partial charge in [-0.15, -0.1) is 11.8 Å². The second-order valence-corrected chi connectivity index (χ2v) is 11.1. The first-order chi connectivity index (χ1) is 17.1. The van der Waals surface area contributed by atoms with E-state index in [0.717, 1.165) is 11.1 Å². The Kier molecular flexibility index (Phi) is 9.97. The third-order valence-corrected chi connectivity index (χ3v) is 6.67. The number of nitrogens with zero attached hydrogens (tertiary/aromatic N) is 1. The maximum atomic E-state index is 14.6. The molecule has 3 aromatic carbocycles. The van der Waals surface area contributed by atoms with E-state index >= 15 is 0 Å². The molecule has 0 heterocycles. The third-order valence-electron chi connectivity index (χ3n) is 5.45. The quantitative estimate of drug-likeness (QED) is 0.339. The second-order valence-electron chi connectivity index (χ2n) is 9.68. The Labute approximate surface area is 222 Å². The lowest BCUT2D eigenvalue weighted by molar-refractivity contribution is -0.140. The van der Waals surface area contributed by atoms with E-state index in [-0.39, 0.29) is 24.1 Å². The number of hydrogen-bond acceptors (Lipinski definition) is 3. The van der Waals surface area contributed by atoms with Gasteiger partial charge in [0.1, 0.15) is 11.9 Å². The van der Waals surface area contributed by atoms with E-state index in [9.17, 15) is 14.0 Å². The Morgan fingerprint density at radius 3 is 2.31 bits per heavy atom. The number of nitrogens with one attached hydrogen (secondary N) is 1. The van der Waals surface area contributed by atoms with E-state index in [4.69, 9.17) is 11.6 Å². The molecule has 0 saturated carbocycles. The topological polar surface area (TPSA) is 49.4 Å². The summed E-state index contributed by atoms with van der Waals surface area (Å²) in [6, 6.07) is 22.6. The van der Waals surface area contributed by atoms with Gasteiger partial charge in [-0.2, -0.15) is 0 Å². The summed E-state index contributed by atoms with van der Waals surface area (Å²) >= 11 is 7.52. The molecule has 3 aromatic rings. The second kappa shape index (κ2) is 12.9. The number of hydrogen-bond donors (Lipinski definition) is 1. The van der Waals surface area contributed by atoms with Crippen molar-refractivity contribution in [2.45, 2.75) is 51.1 Å². The standard InChI is InChI=1S/C29H32ClFN2O2S/c1-29(2,3)32-28(35)26(17-21-10-5-4-6-11-21)33(18-23-13-7-8-15-25(23)31)27(34)20-36-19-22-12-9-14-24(30)16-22/h4-16,26H,17-20H2,1-3H3,(H,32,35). The van der Waals surface area contributed by atoms with Crippen LogP contribution in [0.3, 0.4) is 0 Å². The average Bonchev–Trinajstić information content (AvgIpc) is 2.82. The Morgan fingerprint density at radius 1 is 0.972 bits per heavy atom. The summed E-state index contributed by atoms with van der Waals surface area (Å²) in [5, 5.41) is 3.66. The molecule has 0 radical (unpaired) electrons. The van der Waals surface area contributed by atoms with E-state index in [1.165, 1.54) is 22.7 Å². The molecule has 0 fully saturated rings. The largest absolute Gasteiger partial charge is 0.350 e. The molecular weight excluding hydrogens is 495 g/mol. The zero-order valence-corrected chi connectivity index (χ0v) is 22.4. The van der Waals surface area contributed by atoms with Crippen molar-refractivity contribution in [1.29, 1.82) is 0 Å². The van der Waals surface area contributed by atoms with Gasteiger partial charge in [0, 0.05) is 34.8 Å². The molecule has 7 heteroatoms. The van der Waals surface area contributed by atoms with Gasteiger partial charge in [0.2, 0.25) is 11.8 Å². The fraction of sp³-hybridized carbons (Fsp3) is 0.310. The Bertz CT molecular complexity index is 1170. The number of rotatable bonds is 10. The number of carbonyl (C=O) groups is 2. The molecule has 0 spiro atoms. The van der Waals surface area contributed by atoms with Crippen LogP contribution in [-0.4, -0.2) is 34.0 Å². The molecule has 1 N–H and O–H groups in total. The van der Waals surface area contributed by atoms with Crippen molar-refractivity contribution >= 4 is 35.2 Å². The molecule has 4 nitrogen and oxygen atoms in total. The van der Waals surface area contributed by atoms with Crippen LogP contribution in [0.25, 0.3) is 0 Å². The predicted molar refractivity (Wildman–Crippen MR) is 146 cm³/mol. The van der Waals surface area contributed by atoms with Crippen LogP contribution < -0.4 is 5.32 Å². The van der Waals surface area contributed by atoms with E-state index in [0.29, 0.717) is 22.8 Å². The van der Waals surface area contributed by atoms with E-state index in [1.54, 1.807) is 24.3 Å². The average molecular weight is 527 g/mol. The number of benzene rings is 3. The number of thioether (sulfide) groups is 1. The summed E-state index contributed by atoms with van der Waals surface area (Å²) in [6.07, 6.45) is 0.321. The van der Waals surface area contributed by atoms with Crippen LogP contribution in [-0.2, 0) is 28.3 Å². The van der Waals surface area contributed by atoms with E-state index in [1.807, 2.05) is 69.3 Å². The van der Waals surface area contributed by atoms with Crippen LogP contribution in [0.15, 0.2) is 78.9 Å². The Balaban J connectivity index is 1.88. The predicted octanol–water partition coefficient (Wildman–Crippen LogP) is 6.27. The van der Waals surface area contributed by atoms with Crippen molar-refractivity contribution in [3.63, 3.8) is 0 Å². The molecule has 190 valence electrons. The first-order valence-corrected chi connectivity index (χ1v) is 13.4. The summed E-state index contributed by atoms with van der Waals surface area (Å²) in [6.45, 7) is 5.69. The molecule has 3 rings (SSSR count). The van der Waals surface area contributed by atoms with Crippen molar-refractivity contribution in [3.8, 4) is 0 Å². The summed E-state index contributed by atoms with van der Waals surface area (Å²) in [5.41, 5.74) is 1.81. The highest BCUT2D eigenvalue weighted by molar-refractivity contribution is 7.99. The van der Waals surface area contributed by atoms with Gasteiger partial charge in [-0.3, -0.25) is 9.59 Å². The number of amides is 2. The normalized spacial score (nSPS) is 12.1. The highest BCUT2D eigenvalue weighted by Crippen LogP contribution is 2.21. The lowest BCUT2D eigenvalue weighted by Crippen LogP contribution is -2.54. The van der Waals surface area contributed by atoms with Crippen LogP contribution in [0, 0.1) is 5.82 Å². The van der Waals surface area contributed by atoms with E-state index in [2.05, 4.69) is 5.32 Å². The zero-order chi connectivity index (χ0) is 26.1. The minimum atomic E-state index is -0.800. The van der Waals surface area contributed by atoms with Crippen LogP contribution in [0.2, 0.25) is 5.02 Å². The lowest BCUT2D eigenvalue weighted by atomic mass is 10.0. The summed E-state index contributed by atoms with van der Waals surface area (Å²) in [7, 11) is 0. The first-order valence-electron chi connectivity index (χ1n) is 11.8. The van der Waals surface area contributed by atoms with Crippen LogP contribution >= 0.6 is 23.4 Å². The minimum Gasteiger partial charge on any atom is -0.350 e. The summed E-state index contributed by atoms with van der Waals surface area (Å²) in [4.78, 5) is 28.6. The number of halogens is 2. The molecule has 0 saturated heterocycles. The van der Waals surface area contributed by atoms with Gasteiger partial charge >= 0.3 is 0 Å². The zero-order valence-electron chi connectivity index (χ0n) is 20.8. The first kappa shape index (κ1) is 27.8.